The second-order valence-electron chi connectivity index (χ2n) is 7.54. The molecule has 6 nitrogen and oxygen atoms in total. The number of hydrogen-bond donors (Lipinski definition) is 0. The zero-order valence-corrected chi connectivity index (χ0v) is 18.9. The van der Waals surface area contributed by atoms with Gasteiger partial charge in [-0.1, -0.05) is 36.3 Å². The number of carbonyl (C=O) groups is 2. The minimum absolute atomic E-state index is 0.0198. The quantitative estimate of drug-likeness (QED) is 0.354. The Bertz CT molecular complexity index is 1190. The lowest BCUT2D eigenvalue weighted by Crippen LogP contribution is -2.27. The molecule has 0 amide bonds. The largest absolute Gasteiger partial charge is 0.474 e. The summed E-state index contributed by atoms with van der Waals surface area (Å²) in [4.78, 5) is 25.5. The Labute approximate surface area is 193 Å². The molecule has 0 aromatic heterocycles. The molecule has 33 heavy (non-hydrogen) atoms. The molecule has 0 saturated carbocycles. The minimum atomic E-state index is -1.02. The molecule has 0 spiro atoms. The summed E-state index contributed by atoms with van der Waals surface area (Å²) < 4.78 is 21.6. The molecular weight excluding hydrogens is 420 g/mol. The Morgan fingerprint density at radius 1 is 0.788 bits per heavy atom. The van der Waals surface area contributed by atoms with Crippen molar-refractivity contribution in [1.82, 2.24) is 0 Å². The standard InChI is InChI=1S/C27H24O6/c1-6-27(2,3)33-22-17-16-21(23(25(28)30-4)24(22)26(29)31-5)18-12-14-20(15-13-18)32-19-10-8-7-9-11-19/h1,7-17H,2-5H3. The van der Waals surface area contributed by atoms with Crippen LogP contribution in [-0.4, -0.2) is 31.8 Å². The number of rotatable bonds is 7. The molecule has 0 N–H and O–H groups in total. The van der Waals surface area contributed by atoms with E-state index in [4.69, 9.17) is 25.4 Å². The first-order valence-corrected chi connectivity index (χ1v) is 10.1. The summed E-state index contributed by atoms with van der Waals surface area (Å²) in [6, 6.07) is 19.7. The Morgan fingerprint density at radius 3 is 1.94 bits per heavy atom. The molecule has 0 unspecified atom stereocenters. The fourth-order valence-electron chi connectivity index (χ4n) is 3.16. The Balaban J connectivity index is 2.10. The van der Waals surface area contributed by atoms with E-state index < -0.39 is 17.5 Å². The van der Waals surface area contributed by atoms with Crippen molar-refractivity contribution < 1.29 is 28.5 Å². The summed E-state index contributed by atoms with van der Waals surface area (Å²) in [7, 11) is 2.46. The third kappa shape index (κ3) is 5.34. The zero-order chi connectivity index (χ0) is 24.0. The van der Waals surface area contributed by atoms with Gasteiger partial charge < -0.3 is 18.9 Å². The van der Waals surface area contributed by atoms with Crippen LogP contribution >= 0.6 is 0 Å². The number of methoxy groups -OCH3 is 2. The molecule has 0 aliphatic carbocycles. The first kappa shape index (κ1) is 23.4. The maximum Gasteiger partial charge on any atom is 0.342 e. The van der Waals surface area contributed by atoms with Gasteiger partial charge in [0.25, 0.3) is 0 Å². The molecule has 0 bridgehead atoms. The van der Waals surface area contributed by atoms with Gasteiger partial charge in [-0.15, -0.1) is 6.42 Å². The summed E-state index contributed by atoms with van der Waals surface area (Å²) in [5.74, 6) is 2.49. The molecule has 168 valence electrons. The molecule has 6 heteroatoms. The van der Waals surface area contributed by atoms with Gasteiger partial charge in [-0.05, 0) is 61.4 Å². The van der Waals surface area contributed by atoms with Crippen LogP contribution in [0.5, 0.6) is 17.2 Å². The van der Waals surface area contributed by atoms with Crippen molar-refractivity contribution >= 4 is 11.9 Å². The lowest BCUT2D eigenvalue weighted by atomic mass is 9.94. The van der Waals surface area contributed by atoms with Gasteiger partial charge in [0.1, 0.15) is 22.8 Å². The lowest BCUT2D eigenvalue weighted by Gasteiger charge is -2.23. The van der Waals surface area contributed by atoms with Gasteiger partial charge in [0, 0.05) is 0 Å². The summed E-state index contributed by atoms with van der Waals surface area (Å²) >= 11 is 0. The van der Waals surface area contributed by atoms with Gasteiger partial charge in [0.05, 0.1) is 19.8 Å². The van der Waals surface area contributed by atoms with E-state index in [1.807, 2.05) is 30.3 Å². The number of hydrogen-bond acceptors (Lipinski definition) is 6. The highest BCUT2D eigenvalue weighted by atomic mass is 16.5. The van der Waals surface area contributed by atoms with Crippen molar-refractivity contribution in [2.24, 2.45) is 0 Å². The van der Waals surface area contributed by atoms with Crippen LogP contribution in [-0.2, 0) is 9.47 Å². The molecule has 0 aliphatic heterocycles. The predicted octanol–water partition coefficient (Wildman–Crippen LogP) is 5.51. The predicted molar refractivity (Wildman–Crippen MR) is 125 cm³/mol. The van der Waals surface area contributed by atoms with E-state index in [2.05, 4.69) is 5.92 Å². The minimum Gasteiger partial charge on any atom is -0.474 e. The number of carbonyl (C=O) groups excluding carboxylic acids is 2. The van der Waals surface area contributed by atoms with E-state index in [9.17, 15) is 9.59 Å². The fourth-order valence-corrected chi connectivity index (χ4v) is 3.16. The number of esters is 2. The van der Waals surface area contributed by atoms with E-state index >= 15 is 0 Å². The van der Waals surface area contributed by atoms with Gasteiger partial charge in [-0.25, -0.2) is 9.59 Å². The van der Waals surface area contributed by atoms with Crippen LogP contribution in [0.4, 0.5) is 0 Å². The van der Waals surface area contributed by atoms with E-state index in [1.54, 1.807) is 50.2 Å². The zero-order valence-electron chi connectivity index (χ0n) is 18.9. The molecule has 0 saturated heterocycles. The van der Waals surface area contributed by atoms with Crippen LogP contribution in [0.2, 0.25) is 0 Å². The van der Waals surface area contributed by atoms with Crippen LogP contribution in [0.1, 0.15) is 34.6 Å². The third-order valence-corrected chi connectivity index (χ3v) is 4.80. The normalized spacial score (nSPS) is 10.6. The van der Waals surface area contributed by atoms with E-state index in [0.29, 0.717) is 22.6 Å². The molecule has 0 fully saturated rings. The number of benzene rings is 3. The molecule has 3 rings (SSSR count). The molecule has 3 aromatic carbocycles. The van der Waals surface area contributed by atoms with Crippen LogP contribution < -0.4 is 9.47 Å². The maximum atomic E-state index is 12.8. The molecule has 0 atom stereocenters. The average Bonchev–Trinajstić information content (AvgIpc) is 2.83. The van der Waals surface area contributed by atoms with E-state index in [1.165, 1.54) is 14.2 Å². The van der Waals surface area contributed by atoms with Crippen molar-refractivity contribution in [3.8, 4) is 40.7 Å². The van der Waals surface area contributed by atoms with Gasteiger partial charge in [0.2, 0.25) is 0 Å². The van der Waals surface area contributed by atoms with Gasteiger partial charge >= 0.3 is 11.9 Å². The van der Waals surface area contributed by atoms with Gasteiger partial charge in [-0.2, -0.15) is 0 Å². The maximum absolute atomic E-state index is 12.8. The van der Waals surface area contributed by atoms with E-state index in [0.717, 1.165) is 0 Å². The monoisotopic (exact) mass is 444 g/mol. The molecule has 0 heterocycles. The van der Waals surface area contributed by atoms with Crippen LogP contribution in [0.25, 0.3) is 11.1 Å². The molecule has 0 aliphatic rings. The second kappa shape index (κ2) is 9.92. The Morgan fingerprint density at radius 2 is 1.36 bits per heavy atom. The van der Waals surface area contributed by atoms with Crippen molar-refractivity contribution in [3.63, 3.8) is 0 Å². The number of ether oxygens (including phenoxy) is 4. The highest BCUT2D eigenvalue weighted by Crippen LogP contribution is 2.36. The molecular formula is C27H24O6. The first-order valence-electron chi connectivity index (χ1n) is 10.1. The molecule has 3 aromatic rings. The summed E-state index contributed by atoms with van der Waals surface area (Å²) in [5.41, 5.74) is 0.0815. The smallest absolute Gasteiger partial charge is 0.342 e. The van der Waals surface area contributed by atoms with Gasteiger partial charge in [0.15, 0.2) is 5.60 Å². The summed E-state index contributed by atoms with van der Waals surface area (Å²) in [6.07, 6.45) is 5.53. The van der Waals surface area contributed by atoms with Crippen LogP contribution in [0, 0.1) is 12.3 Å². The van der Waals surface area contributed by atoms with Crippen LogP contribution in [0.3, 0.4) is 0 Å². The lowest BCUT2D eigenvalue weighted by molar-refractivity contribution is 0.0547. The highest BCUT2D eigenvalue weighted by molar-refractivity contribution is 6.09. The number of terminal acetylenes is 1. The topological polar surface area (TPSA) is 71.1 Å². The fraction of sp³-hybridized carbons (Fsp3) is 0.185. The summed E-state index contributed by atoms with van der Waals surface area (Å²) in [5, 5.41) is 0. The van der Waals surface area contributed by atoms with Crippen LogP contribution in [0.15, 0.2) is 66.7 Å². The Hall–Kier alpha value is -4.24. The van der Waals surface area contributed by atoms with Crippen molar-refractivity contribution in [2.75, 3.05) is 14.2 Å². The highest BCUT2D eigenvalue weighted by Gasteiger charge is 2.30. The van der Waals surface area contributed by atoms with Crippen molar-refractivity contribution in [3.05, 3.63) is 77.9 Å². The summed E-state index contributed by atoms with van der Waals surface area (Å²) in [6.45, 7) is 3.34. The number of para-hydroxylation sites is 1. The van der Waals surface area contributed by atoms with Crippen molar-refractivity contribution in [1.29, 1.82) is 0 Å². The van der Waals surface area contributed by atoms with E-state index in [-0.39, 0.29) is 16.9 Å². The SMILES string of the molecule is C#CC(C)(C)Oc1ccc(-c2ccc(Oc3ccccc3)cc2)c(C(=O)OC)c1C(=O)OC. The Kier molecular flexibility index (Phi) is 7.04. The average molecular weight is 444 g/mol. The molecule has 0 radical (unpaired) electrons. The second-order valence-corrected chi connectivity index (χ2v) is 7.54. The first-order chi connectivity index (χ1) is 15.8. The third-order valence-electron chi connectivity index (χ3n) is 4.80. The van der Waals surface area contributed by atoms with Crippen molar-refractivity contribution in [2.45, 2.75) is 19.4 Å². The van der Waals surface area contributed by atoms with Gasteiger partial charge in [-0.3, -0.25) is 0 Å².